The molecule has 0 saturated carbocycles. The third kappa shape index (κ3) is 8.51. The first-order chi connectivity index (χ1) is 21.5. The Morgan fingerprint density at radius 3 is 2.37 bits per heavy atom. The molecule has 0 spiro atoms. The Bertz CT molecular complexity index is 1620. The lowest BCUT2D eigenvalue weighted by atomic mass is 9.90. The number of hydrogen-bond donors (Lipinski definition) is 2. The number of hydrogen-bond acceptors (Lipinski definition) is 7. The molecule has 46 heavy (non-hydrogen) atoms. The standard InChI is InChI=1S/C34H47N3O7SSi/c1-34(2,3)46(5,6)44-22-26(21-30(38)45(4,42)43)35-32(40)29-17-11-15-27-14-9-10-16-28(33(41)37(27)29)36-31(39)25-19-18-23-12-7-8-13-24(23)20-25/h7-10,12-13,18-20,26-29H,11,14-17,21-22H2,1-6H3,(H,35,40)(H,36,39)/b10-9-/t26-,27-,28-,29-/m0/s1. The maximum atomic E-state index is 14.1. The van der Waals surface area contributed by atoms with Gasteiger partial charge in [0.25, 0.3) is 5.91 Å². The number of carbonyl (C=O) groups excluding carboxylic acids is 4. The van der Waals surface area contributed by atoms with Crippen LogP contribution in [0.2, 0.25) is 18.1 Å². The van der Waals surface area contributed by atoms with Crippen LogP contribution in [-0.2, 0) is 28.6 Å². The number of nitrogens with zero attached hydrogens (tertiary/aromatic N) is 1. The van der Waals surface area contributed by atoms with Crippen LogP contribution in [0.25, 0.3) is 10.8 Å². The van der Waals surface area contributed by atoms with Crippen molar-refractivity contribution in [3.05, 3.63) is 60.2 Å². The van der Waals surface area contributed by atoms with Crippen molar-refractivity contribution < 1.29 is 32.0 Å². The molecule has 2 N–H and O–H groups in total. The smallest absolute Gasteiger partial charge is 0.251 e. The second-order valence-corrected chi connectivity index (χ2v) is 20.8. The van der Waals surface area contributed by atoms with Gasteiger partial charge in [-0.3, -0.25) is 19.2 Å². The first-order valence-corrected chi connectivity index (χ1v) is 20.7. The maximum Gasteiger partial charge on any atom is 0.251 e. The van der Waals surface area contributed by atoms with Gasteiger partial charge >= 0.3 is 0 Å². The van der Waals surface area contributed by atoms with Gasteiger partial charge in [0, 0.05) is 24.3 Å². The van der Waals surface area contributed by atoms with Crippen LogP contribution in [0, 0.1) is 0 Å². The Morgan fingerprint density at radius 2 is 1.70 bits per heavy atom. The summed E-state index contributed by atoms with van der Waals surface area (Å²) < 4.78 is 30.3. The van der Waals surface area contributed by atoms with E-state index in [-0.39, 0.29) is 35.9 Å². The lowest BCUT2D eigenvalue weighted by Gasteiger charge is -2.44. The van der Waals surface area contributed by atoms with E-state index < -0.39 is 53.7 Å². The summed E-state index contributed by atoms with van der Waals surface area (Å²) in [6.07, 6.45) is 6.97. The van der Waals surface area contributed by atoms with Crippen molar-refractivity contribution in [2.45, 2.75) is 102 Å². The minimum Gasteiger partial charge on any atom is -0.415 e. The van der Waals surface area contributed by atoms with Crippen molar-refractivity contribution in [3.63, 3.8) is 0 Å². The SMILES string of the molecule is CC(C)(C)[Si](C)(C)OC[C@H](CC(=O)S(C)(=O)=O)NC(=O)[C@@H]1CCC[C@@H]2C/C=C\C[C@H](NC(=O)c3ccc4ccccc4c3)C(=O)N21. The van der Waals surface area contributed by atoms with Gasteiger partial charge in [0.15, 0.2) is 8.32 Å². The Hall–Kier alpha value is -3.35. The molecule has 0 radical (unpaired) electrons. The van der Waals surface area contributed by atoms with Gasteiger partial charge in [-0.2, -0.15) is 0 Å². The van der Waals surface area contributed by atoms with Crippen LogP contribution < -0.4 is 10.6 Å². The predicted octanol–water partition coefficient (Wildman–Crippen LogP) is 4.51. The fourth-order valence-corrected chi connectivity index (χ4v) is 7.24. The van der Waals surface area contributed by atoms with Gasteiger partial charge in [-0.25, -0.2) is 8.42 Å². The van der Waals surface area contributed by atoms with Crippen LogP contribution in [0.1, 0.15) is 69.7 Å². The van der Waals surface area contributed by atoms with Gasteiger partial charge in [0.05, 0.1) is 12.6 Å². The fourth-order valence-electron chi connectivity index (χ4n) is 5.69. The molecule has 2 aromatic rings. The number of carbonyl (C=O) groups is 4. The zero-order chi connectivity index (χ0) is 33.9. The van der Waals surface area contributed by atoms with Gasteiger partial charge in [-0.15, -0.1) is 0 Å². The Kier molecular flexibility index (Phi) is 10.9. The number of sulfone groups is 1. The summed E-state index contributed by atoms with van der Waals surface area (Å²) in [6.45, 7) is 10.2. The van der Waals surface area contributed by atoms with Gasteiger partial charge in [-0.1, -0.05) is 63.3 Å². The number of piperidine rings is 1. The lowest BCUT2D eigenvalue weighted by Crippen LogP contribution is -2.62. The van der Waals surface area contributed by atoms with E-state index in [4.69, 9.17) is 4.43 Å². The maximum absolute atomic E-state index is 14.1. The highest BCUT2D eigenvalue weighted by molar-refractivity contribution is 8.05. The molecular weight excluding hydrogens is 623 g/mol. The zero-order valence-electron chi connectivity index (χ0n) is 27.7. The molecule has 1 fully saturated rings. The predicted molar refractivity (Wildman–Crippen MR) is 181 cm³/mol. The molecule has 2 aromatic carbocycles. The molecule has 2 aliphatic heterocycles. The Balaban J connectivity index is 1.55. The van der Waals surface area contributed by atoms with Crippen molar-refractivity contribution >= 4 is 51.8 Å². The van der Waals surface area contributed by atoms with Gasteiger partial charge in [0.1, 0.15) is 12.1 Å². The molecule has 0 aromatic heterocycles. The number of amides is 3. The van der Waals surface area contributed by atoms with E-state index in [1.54, 1.807) is 17.0 Å². The van der Waals surface area contributed by atoms with Crippen molar-refractivity contribution in [2.24, 2.45) is 0 Å². The Labute approximate surface area is 273 Å². The van der Waals surface area contributed by atoms with E-state index in [0.29, 0.717) is 31.2 Å². The van der Waals surface area contributed by atoms with Crippen molar-refractivity contribution in [1.29, 1.82) is 0 Å². The quantitative estimate of drug-likeness (QED) is 0.296. The minimum absolute atomic E-state index is 0.0270. The summed E-state index contributed by atoms with van der Waals surface area (Å²) in [6, 6.07) is 10.2. The third-order valence-electron chi connectivity index (χ3n) is 9.49. The molecule has 0 bridgehead atoms. The summed E-state index contributed by atoms with van der Waals surface area (Å²) in [5.41, 5.74) is 0.433. The molecule has 10 nitrogen and oxygen atoms in total. The Morgan fingerprint density at radius 1 is 1.02 bits per heavy atom. The molecule has 250 valence electrons. The average molecular weight is 670 g/mol. The fraction of sp³-hybridized carbons (Fsp3) is 0.529. The number of rotatable bonds is 9. The van der Waals surface area contributed by atoms with Gasteiger partial charge < -0.3 is 20.0 Å². The topological polar surface area (TPSA) is 139 Å². The zero-order valence-corrected chi connectivity index (χ0v) is 29.5. The average Bonchev–Trinajstić information content (AvgIpc) is 2.98. The molecule has 0 unspecified atom stereocenters. The number of nitrogens with one attached hydrogen (secondary N) is 2. The van der Waals surface area contributed by atoms with Crippen molar-refractivity contribution in [3.8, 4) is 0 Å². The monoisotopic (exact) mass is 669 g/mol. The lowest BCUT2D eigenvalue weighted by molar-refractivity contribution is -0.147. The van der Waals surface area contributed by atoms with Crippen LogP contribution in [0.5, 0.6) is 0 Å². The summed E-state index contributed by atoms with van der Waals surface area (Å²) in [7, 11) is -6.28. The highest BCUT2D eigenvalue weighted by atomic mass is 32.2. The first-order valence-electron chi connectivity index (χ1n) is 15.9. The van der Waals surface area contributed by atoms with Crippen LogP contribution >= 0.6 is 0 Å². The van der Waals surface area contributed by atoms with Crippen LogP contribution in [0.4, 0.5) is 0 Å². The third-order valence-corrected chi connectivity index (χ3v) is 15.0. The first kappa shape index (κ1) is 35.5. The molecule has 2 aliphatic rings. The van der Waals surface area contributed by atoms with Gasteiger partial charge in [0.2, 0.25) is 26.8 Å². The minimum atomic E-state index is -3.98. The molecule has 2 heterocycles. The van der Waals surface area contributed by atoms with Crippen molar-refractivity contribution in [2.75, 3.05) is 12.9 Å². The van der Waals surface area contributed by atoms with Gasteiger partial charge in [-0.05, 0) is 73.1 Å². The summed E-state index contributed by atoms with van der Waals surface area (Å²) >= 11 is 0. The number of benzene rings is 2. The van der Waals surface area contributed by atoms with E-state index >= 15 is 0 Å². The molecule has 1 saturated heterocycles. The molecule has 4 atom stereocenters. The normalized spacial score (nSPS) is 22.3. The van der Waals surface area contributed by atoms with Crippen LogP contribution in [0.3, 0.4) is 0 Å². The second kappa shape index (κ2) is 14.2. The summed E-state index contributed by atoms with van der Waals surface area (Å²) in [4.78, 5) is 55.6. The highest BCUT2D eigenvalue weighted by Gasteiger charge is 2.43. The molecule has 3 amide bonds. The second-order valence-electron chi connectivity index (χ2n) is 14.0. The van der Waals surface area contributed by atoms with Crippen LogP contribution in [0.15, 0.2) is 54.6 Å². The van der Waals surface area contributed by atoms with E-state index in [9.17, 15) is 27.6 Å². The summed E-state index contributed by atoms with van der Waals surface area (Å²) in [5.74, 6) is -1.19. The molecular formula is C34H47N3O7SSi. The van der Waals surface area contributed by atoms with E-state index in [2.05, 4.69) is 31.4 Å². The molecule has 0 aliphatic carbocycles. The van der Waals surface area contributed by atoms with E-state index in [1.807, 2.05) is 55.6 Å². The largest absolute Gasteiger partial charge is 0.415 e. The van der Waals surface area contributed by atoms with Crippen LogP contribution in [-0.4, -0.2) is 81.5 Å². The summed E-state index contributed by atoms with van der Waals surface area (Å²) in [5, 5.41) is 6.56. The highest BCUT2D eigenvalue weighted by Crippen LogP contribution is 2.36. The molecule has 12 heteroatoms. The number of fused-ring (bicyclic) bond motifs is 2. The van der Waals surface area contributed by atoms with Crippen molar-refractivity contribution in [1.82, 2.24) is 15.5 Å². The van der Waals surface area contributed by atoms with E-state index in [0.717, 1.165) is 17.0 Å². The van der Waals surface area contributed by atoms with E-state index in [1.165, 1.54) is 0 Å². The molecule has 4 rings (SSSR count).